The monoisotopic (exact) mass is 345 g/mol. The Morgan fingerprint density at radius 2 is 1.96 bits per heavy atom. The molecule has 130 valence electrons. The molecule has 1 aliphatic rings. The Labute approximate surface area is 142 Å². The van der Waals surface area contributed by atoms with Crippen LogP contribution in [0.4, 0.5) is 5.82 Å². The van der Waals surface area contributed by atoms with Crippen molar-refractivity contribution < 1.29 is 28.6 Å². The predicted molar refractivity (Wildman–Crippen MR) is 85.2 cm³/mol. The first-order valence-electron chi connectivity index (χ1n) is 7.39. The van der Waals surface area contributed by atoms with Gasteiger partial charge in [-0.1, -0.05) is 0 Å². The van der Waals surface area contributed by atoms with E-state index in [4.69, 9.17) is 14.2 Å². The number of aromatic nitrogens is 2. The summed E-state index contributed by atoms with van der Waals surface area (Å²) < 4.78 is 15.3. The van der Waals surface area contributed by atoms with Gasteiger partial charge >= 0.3 is 5.97 Å². The van der Waals surface area contributed by atoms with Crippen LogP contribution in [0.25, 0.3) is 0 Å². The van der Waals surface area contributed by atoms with Gasteiger partial charge in [0.1, 0.15) is 5.56 Å². The van der Waals surface area contributed by atoms with Crippen molar-refractivity contribution >= 4 is 23.6 Å². The van der Waals surface area contributed by atoms with Crippen LogP contribution in [-0.4, -0.2) is 48.8 Å². The van der Waals surface area contributed by atoms with Gasteiger partial charge < -0.3 is 14.2 Å². The molecular formula is C16H15N3O6. The molecule has 0 saturated carbocycles. The van der Waals surface area contributed by atoms with Crippen molar-refractivity contribution in [3.63, 3.8) is 0 Å². The molecule has 1 aliphatic heterocycles. The molecule has 9 heteroatoms. The second kappa shape index (κ2) is 6.27. The first kappa shape index (κ1) is 16.5. The minimum Gasteiger partial charge on any atom is -0.493 e. The van der Waals surface area contributed by atoms with Gasteiger partial charge in [-0.05, 0) is 19.1 Å². The zero-order chi connectivity index (χ0) is 18.1. The number of carbonyl (C=O) groups is 3. The van der Waals surface area contributed by atoms with Crippen LogP contribution < -0.4 is 14.4 Å². The lowest BCUT2D eigenvalue weighted by atomic mass is 10.1. The Kier molecular flexibility index (Phi) is 4.14. The van der Waals surface area contributed by atoms with E-state index in [-0.39, 0.29) is 34.9 Å². The smallest absolute Gasteiger partial charge is 0.343 e. The van der Waals surface area contributed by atoms with E-state index in [2.05, 4.69) is 10.2 Å². The van der Waals surface area contributed by atoms with E-state index in [0.29, 0.717) is 5.75 Å². The third kappa shape index (κ3) is 2.40. The summed E-state index contributed by atoms with van der Waals surface area (Å²) >= 11 is 0. The van der Waals surface area contributed by atoms with Gasteiger partial charge in [0.25, 0.3) is 11.8 Å². The van der Waals surface area contributed by atoms with Crippen molar-refractivity contribution in [2.75, 3.05) is 25.7 Å². The Morgan fingerprint density at radius 1 is 1.20 bits per heavy atom. The van der Waals surface area contributed by atoms with Crippen molar-refractivity contribution in [3.8, 4) is 11.5 Å². The Balaban J connectivity index is 2.10. The highest BCUT2D eigenvalue weighted by atomic mass is 16.5. The Hall–Kier alpha value is -3.36. The fraction of sp³-hybridized carbons (Fsp3) is 0.250. The summed E-state index contributed by atoms with van der Waals surface area (Å²) in [7, 11) is 2.80. The van der Waals surface area contributed by atoms with E-state index in [1.807, 2.05) is 0 Å². The highest BCUT2D eigenvalue weighted by Gasteiger charge is 2.42. The van der Waals surface area contributed by atoms with E-state index in [9.17, 15) is 14.4 Å². The number of anilines is 1. The molecule has 0 spiro atoms. The molecule has 0 saturated heterocycles. The van der Waals surface area contributed by atoms with Crippen molar-refractivity contribution in [1.29, 1.82) is 0 Å². The number of benzene rings is 1. The normalized spacial score (nSPS) is 13.0. The van der Waals surface area contributed by atoms with E-state index >= 15 is 0 Å². The number of nitrogens with one attached hydrogen (secondary N) is 1. The summed E-state index contributed by atoms with van der Waals surface area (Å²) in [5.74, 6) is -1.52. The minimum absolute atomic E-state index is 0.0118. The molecule has 0 unspecified atom stereocenters. The highest BCUT2D eigenvalue weighted by Crippen LogP contribution is 2.40. The first-order valence-corrected chi connectivity index (χ1v) is 7.39. The maximum atomic E-state index is 12.9. The molecule has 0 aliphatic carbocycles. The number of amides is 2. The number of nitrogens with zero attached hydrogens (tertiary/aromatic N) is 2. The summed E-state index contributed by atoms with van der Waals surface area (Å²) in [5.41, 5.74) is 0.200. The second-order valence-corrected chi connectivity index (χ2v) is 5.02. The number of hydrogen-bond acceptors (Lipinski definition) is 7. The lowest BCUT2D eigenvalue weighted by molar-refractivity contribution is 0.0527. The average Bonchev–Trinajstić information content (AvgIpc) is 3.18. The molecule has 0 atom stereocenters. The average molecular weight is 345 g/mol. The standard InChI is InChI=1S/C16H15N3O6/c1-4-25-16(22)9-7-17-18-13(9)19-14(20)8-5-6-10(23-2)12(24-3)11(8)15(19)21/h5-7H,4H2,1-3H3,(H,17,18). The van der Waals surface area contributed by atoms with Crippen LogP contribution in [0.5, 0.6) is 11.5 Å². The molecule has 3 rings (SSSR count). The second-order valence-electron chi connectivity index (χ2n) is 5.02. The molecule has 25 heavy (non-hydrogen) atoms. The topological polar surface area (TPSA) is 111 Å². The Bertz CT molecular complexity index is 873. The summed E-state index contributed by atoms with van der Waals surface area (Å²) in [5, 5.41) is 6.26. The molecule has 0 radical (unpaired) electrons. The van der Waals surface area contributed by atoms with Crippen molar-refractivity contribution in [1.82, 2.24) is 10.2 Å². The van der Waals surface area contributed by atoms with Gasteiger partial charge in [-0.2, -0.15) is 5.10 Å². The zero-order valence-corrected chi connectivity index (χ0v) is 13.8. The van der Waals surface area contributed by atoms with Gasteiger partial charge in [-0.3, -0.25) is 14.7 Å². The van der Waals surface area contributed by atoms with Crippen molar-refractivity contribution in [3.05, 3.63) is 35.0 Å². The number of H-pyrrole nitrogens is 1. The summed E-state index contributed by atoms with van der Waals surface area (Å²) in [6, 6.07) is 3.00. The molecule has 2 amide bonds. The SMILES string of the molecule is CCOC(=O)c1cn[nH]c1N1C(=O)c2ccc(OC)c(OC)c2C1=O. The highest BCUT2D eigenvalue weighted by molar-refractivity contribution is 6.36. The van der Waals surface area contributed by atoms with Gasteiger partial charge in [-0.15, -0.1) is 0 Å². The fourth-order valence-corrected chi connectivity index (χ4v) is 2.65. The number of carbonyl (C=O) groups excluding carboxylic acids is 3. The number of aromatic amines is 1. The molecular weight excluding hydrogens is 330 g/mol. The van der Waals surface area contributed by atoms with E-state index in [1.165, 1.54) is 32.5 Å². The van der Waals surface area contributed by atoms with Crippen molar-refractivity contribution in [2.45, 2.75) is 6.92 Å². The van der Waals surface area contributed by atoms with Crippen LogP contribution in [0, 0.1) is 0 Å². The fourth-order valence-electron chi connectivity index (χ4n) is 2.65. The third-order valence-corrected chi connectivity index (χ3v) is 3.73. The summed E-state index contributed by atoms with van der Waals surface area (Å²) in [6.45, 7) is 1.80. The van der Waals surface area contributed by atoms with Crippen LogP contribution in [0.1, 0.15) is 38.0 Å². The van der Waals surface area contributed by atoms with Crippen molar-refractivity contribution in [2.24, 2.45) is 0 Å². The number of hydrogen-bond donors (Lipinski definition) is 1. The summed E-state index contributed by atoms with van der Waals surface area (Å²) in [6.07, 6.45) is 1.20. The molecule has 1 aromatic heterocycles. The van der Waals surface area contributed by atoms with Crippen LogP contribution in [0.2, 0.25) is 0 Å². The number of esters is 1. The van der Waals surface area contributed by atoms with Gasteiger partial charge in [0.05, 0.1) is 38.2 Å². The van der Waals surface area contributed by atoms with E-state index in [0.717, 1.165) is 4.90 Å². The van der Waals surface area contributed by atoms with Crippen LogP contribution in [0.15, 0.2) is 18.3 Å². The van der Waals surface area contributed by atoms with Gasteiger partial charge in [0.2, 0.25) is 0 Å². The van der Waals surface area contributed by atoms with Gasteiger partial charge in [-0.25, -0.2) is 9.69 Å². The number of ether oxygens (including phenoxy) is 3. The summed E-state index contributed by atoms with van der Waals surface area (Å²) in [4.78, 5) is 38.4. The number of imide groups is 1. The first-order chi connectivity index (χ1) is 12.0. The number of fused-ring (bicyclic) bond motifs is 1. The zero-order valence-electron chi connectivity index (χ0n) is 13.8. The Morgan fingerprint density at radius 3 is 2.60 bits per heavy atom. The third-order valence-electron chi connectivity index (χ3n) is 3.73. The van der Waals surface area contributed by atoms with Gasteiger partial charge in [0, 0.05) is 0 Å². The molecule has 1 N–H and O–H groups in total. The molecule has 0 fully saturated rings. The van der Waals surface area contributed by atoms with Crippen LogP contribution in [-0.2, 0) is 4.74 Å². The maximum absolute atomic E-state index is 12.9. The number of rotatable bonds is 5. The predicted octanol–water partition coefficient (Wildman–Crippen LogP) is 1.40. The molecule has 2 heterocycles. The number of methoxy groups -OCH3 is 2. The lowest BCUT2D eigenvalue weighted by Gasteiger charge is -2.13. The molecule has 2 aromatic rings. The quantitative estimate of drug-likeness (QED) is 0.644. The lowest BCUT2D eigenvalue weighted by Crippen LogP contribution is -2.31. The van der Waals surface area contributed by atoms with Crippen LogP contribution >= 0.6 is 0 Å². The van der Waals surface area contributed by atoms with E-state index < -0.39 is 17.8 Å². The minimum atomic E-state index is -0.688. The van der Waals surface area contributed by atoms with Gasteiger partial charge in [0.15, 0.2) is 17.3 Å². The molecule has 0 bridgehead atoms. The largest absolute Gasteiger partial charge is 0.493 e. The molecule has 9 nitrogen and oxygen atoms in total. The molecule has 1 aromatic carbocycles. The van der Waals surface area contributed by atoms with E-state index in [1.54, 1.807) is 6.92 Å². The maximum Gasteiger partial charge on any atom is 0.343 e. The van der Waals surface area contributed by atoms with Crippen LogP contribution in [0.3, 0.4) is 0 Å².